The Morgan fingerprint density at radius 2 is 1.95 bits per heavy atom. The monoisotopic (exact) mass is 288 g/mol. The van der Waals surface area contributed by atoms with Crippen LogP contribution in [0.3, 0.4) is 0 Å². The first-order valence-electron chi connectivity index (χ1n) is 6.64. The molecular formula is C15H13ClN2O2. The van der Waals surface area contributed by atoms with Crippen LogP contribution < -0.4 is 4.90 Å². The zero-order chi connectivity index (χ0) is 14.3. The molecule has 1 saturated heterocycles. The molecule has 1 spiro atoms. The number of rotatable bonds is 1. The van der Waals surface area contributed by atoms with Crippen LogP contribution in [0.4, 0.5) is 5.69 Å². The van der Waals surface area contributed by atoms with E-state index in [0.717, 1.165) is 25.7 Å². The SMILES string of the molecule is N#Cc1ccc(N2C(=O)CC3(CCCC3)C2=O)c(Cl)c1. The Morgan fingerprint density at radius 1 is 1.25 bits per heavy atom. The van der Waals surface area contributed by atoms with Crippen LogP contribution in [0.25, 0.3) is 0 Å². The minimum absolute atomic E-state index is 0.133. The van der Waals surface area contributed by atoms with Gasteiger partial charge in [0.2, 0.25) is 11.8 Å². The van der Waals surface area contributed by atoms with Crippen molar-refractivity contribution in [3.63, 3.8) is 0 Å². The van der Waals surface area contributed by atoms with Crippen LogP contribution in [-0.2, 0) is 9.59 Å². The molecular weight excluding hydrogens is 276 g/mol. The van der Waals surface area contributed by atoms with Crippen LogP contribution >= 0.6 is 11.6 Å². The zero-order valence-electron chi connectivity index (χ0n) is 10.9. The summed E-state index contributed by atoms with van der Waals surface area (Å²) in [7, 11) is 0. The van der Waals surface area contributed by atoms with Crippen molar-refractivity contribution in [2.45, 2.75) is 32.1 Å². The van der Waals surface area contributed by atoms with Gasteiger partial charge in [-0.15, -0.1) is 0 Å². The van der Waals surface area contributed by atoms with E-state index in [0.29, 0.717) is 11.3 Å². The second-order valence-electron chi connectivity index (χ2n) is 5.48. The number of carbonyl (C=O) groups excluding carboxylic acids is 2. The molecule has 20 heavy (non-hydrogen) atoms. The minimum Gasteiger partial charge on any atom is -0.274 e. The van der Waals surface area contributed by atoms with Crippen LogP contribution in [0.2, 0.25) is 5.02 Å². The Kier molecular flexibility index (Phi) is 3.02. The van der Waals surface area contributed by atoms with E-state index in [9.17, 15) is 9.59 Å². The molecule has 2 fully saturated rings. The zero-order valence-corrected chi connectivity index (χ0v) is 11.6. The van der Waals surface area contributed by atoms with Crippen molar-refractivity contribution in [2.75, 3.05) is 4.90 Å². The summed E-state index contributed by atoms with van der Waals surface area (Å²) in [5.74, 6) is -0.324. The van der Waals surface area contributed by atoms with Gasteiger partial charge in [0, 0.05) is 6.42 Å². The average molecular weight is 289 g/mol. The molecule has 1 aromatic carbocycles. The number of halogens is 1. The Balaban J connectivity index is 2.00. The fourth-order valence-corrected chi connectivity index (χ4v) is 3.50. The first-order valence-corrected chi connectivity index (χ1v) is 7.02. The summed E-state index contributed by atoms with van der Waals surface area (Å²) < 4.78 is 0. The van der Waals surface area contributed by atoms with Crippen molar-refractivity contribution in [3.05, 3.63) is 28.8 Å². The van der Waals surface area contributed by atoms with E-state index in [4.69, 9.17) is 16.9 Å². The van der Waals surface area contributed by atoms with Crippen molar-refractivity contribution >= 4 is 29.1 Å². The van der Waals surface area contributed by atoms with Gasteiger partial charge in [-0.3, -0.25) is 9.59 Å². The van der Waals surface area contributed by atoms with E-state index in [2.05, 4.69) is 0 Å². The predicted molar refractivity (Wildman–Crippen MR) is 74.2 cm³/mol. The van der Waals surface area contributed by atoms with Crippen LogP contribution in [-0.4, -0.2) is 11.8 Å². The van der Waals surface area contributed by atoms with Gasteiger partial charge in [-0.2, -0.15) is 5.26 Å². The van der Waals surface area contributed by atoms with Gasteiger partial charge in [0.05, 0.1) is 27.8 Å². The van der Waals surface area contributed by atoms with Crippen molar-refractivity contribution in [2.24, 2.45) is 5.41 Å². The lowest BCUT2D eigenvalue weighted by Gasteiger charge is -2.21. The van der Waals surface area contributed by atoms with Crippen molar-refractivity contribution < 1.29 is 9.59 Å². The number of hydrogen-bond acceptors (Lipinski definition) is 3. The third-order valence-electron chi connectivity index (χ3n) is 4.27. The molecule has 0 aromatic heterocycles. The van der Waals surface area contributed by atoms with E-state index in [1.54, 1.807) is 12.1 Å². The molecule has 1 aliphatic carbocycles. The molecule has 0 atom stereocenters. The summed E-state index contributed by atoms with van der Waals surface area (Å²) in [5, 5.41) is 9.10. The van der Waals surface area contributed by atoms with Gasteiger partial charge in [-0.05, 0) is 31.0 Å². The van der Waals surface area contributed by atoms with E-state index >= 15 is 0 Å². The highest BCUT2D eigenvalue weighted by molar-refractivity contribution is 6.36. The molecule has 1 aromatic rings. The molecule has 4 nitrogen and oxygen atoms in total. The predicted octanol–water partition coefficient (Wildman–Crippen LogP) is 3.04. The Hall–Kier alpha value is -1.86. The maximum Gasteiger partial charge on any atom is 0.240 e. The van der Waals surface area contributed by atoms with Crippen LogP contribution in [0.1, 0.15) is 37.7 Å². The lowest BCUT2D eigenvalue weighted by Crippen LogP contribution is -2.34. The van der Waals surface area contributed by atoms with Crippen LogP contribution in [0.5, 0.6) is 0 Å². The molecule has 1 aliphatic heterocycles. The largest absolute Gasteiger partial charge is 0.274 e. The highest BCUT2D eigenvalue weighted by atomic mass is 35.5. The molecule has 102 valence electrons. The Bertz CT molecular complexity index is 642. The topological polar surface area (TPSA) is 61.2 Å². The van der Waals surface area contributed by atoms with Gasteiger partial charge >= 0.3 is 0 Å². The molecule has 0 unspecified atom stereocenters. The molecule has 0 bridgehead atoms. The number of nitrogens with zero attached hydrogens (tertiary/aromatic N) is 2. The number of benzene rings is 1. The van der Waals surface area contributed by atoms with E-state index in [1.165, 1.54) is 11.0 Å². The fraction of sp³-hybridized carbons (Fsp3) is 0.400. The number of anilines is 1. The third-order valence-corrected chi connectivity index (χ3v) is 4.58. The number of nitriles is 1. The van der Waals surface area contributed by atoms with Gasteiger partial charge in [-0.25, -0.2) is 4.90 Å². The number of carbonyl (C=O) groups is 2. The highest BCUT2D eigenvalue weighted by Crippen LogP contribution is 2.48. The van der Waals surface area contributed by atoms with Crippen LogP contribution in [0, 0.1) is 16.7 Å². The second-order valence-corrected chi connectivity index (χ2v) is 5.88. The number of imide groups is 1. The number of hydrogen-bond donors (Lipinski definition) is 0. The highest BCUT2D eigenvalue weighted by Gasteiger charge is 2.53. The molecule has 2 aliphatic rings. The van der Waals surface area contributed by atoms with Crippen molar-refractivity contribution in [1.82, 2.24) is 0 Å². The maximum atomic E-state index is 12.6. The van der Waals surface area contributed by atoms with E-state index < -0.39 is 5.41 Å². The summed E-state index contributed by atoms with van der Waals surface area (Å²) in [5.41, 5.74) is 0.298. The summed E-state index contributed by atoms with van der Waals surface area (Å²) in [4.78, 5) is 26.1. The van der Waals surface area contributed by atoms with Gasteiger partial charge in [0.25, 0.3) is 0 Å². The standard InChI is InChI=1S/C15H13ClN2O2/c16-11-7-10(9-17)3-4-12(11)18-13(19)8-15(14(18)20)5-1-2-6-15/h3-4,7H,1-2,5-6,8H2. The molecule has 1 saturated carbocycles. The molecule has 0 N–H and O–H groups in total. The Morgan fingerprint density at radius 3 is 2.55 bits per heavy atom. The second kappa shape index (κ2) is 4.60. The van der Waals surface area contributed by atoms with Crippen molar-refractivity contribution in [1.29, 1.82) is 5.26 Å². The normalized spacial score (nSPS) is 20.7. The molecule has 1 heterocycles. The smallest absolute Gasteiger partial charge is 0.240 e. The molecule has 5 heteroatoms. The van der Waals surface area contributed by atoms with Crippen LogP contribution in [0.15, 0.2) is 18.2 Å². The molecule has 3 rings (SSSR count). The molecule has 0 radical (unpaired) electrons. The van der Waals surface area contributed by atoms with Gasteiger partial charge in [0.1, 0.15) is 0 Å². The first kappa shape index (κ1) is 13.1. The lowest BCUT2D eigenvalue weighted by atomic mass is 9.84. The van der Waals surface area contributed by atoms with Gasteiger partial charge in [0.15, 0.2) is 0 Å². The third kappa shape index (κ3) is 1.82. The van der Waals surface area contributed by atoms with Crippen molar-refractivity contribution in [3.8, 4) is 6.07 Å². The summed E-state index contributed by atoms with van der Waals surface area (Å²) in [6.07, 6.45) is 3.83. The number of amides is 2. The van der Waals surface area contributed by atoms with E-state index in [1.807, 2.05) is 6.07 Å². The summed E-state index contributed by atoms with van der Waals surface area (Å²) in [6, 6.07) is 6.61. The lowest BCUT2D eigenvalue weighted by molar-refractivity contribution is -0.125. The average Bonchev–Trinajstić information content (AvgIpc) is 2.98. The minimum atomic E-state index is -0.506. The maximum absolute atomic E-state index is 12.6. The summed E-state index contributed by atoms with van der Waals surface area (Å²) in [6.45, 7) is 0. The van der Waals surface area contributed by atoms with E-state index in [-0.39, 0.29) is 23.3 Å². The van der Waals surface area contributed by atoms with Gasteiger partial charge < -0.3 is 0 Å². The molecule has 2 amide bonds. The first-order chi connectivity index (χ1) is 9.57. The van der Waals surface area contributed by atoms with Gasteiger partial charge in [-0.1, -0.05) is 24.4 Å². The summed E-state index contributed by atoms with van der Waals surface area (Å²) >= 11 is 6.12. The Labute approximate surface area is 121 Å². The quantitative estimate of drug-likeness (QED) is 0.746. The fourth-order valence-electron chi connectivity index (χ4n) is 3.24.